The number of nitrogens with zero attached hydrogens (tertiary/aromatic N) is 1. The first-order valence-corrected chi connectivity index (χ1v) is 8.65. The lowest BCUT2D eigenvalue weighted by atomic mass is 9.87. The van der Waals surface area contributed by atoms with E-state index in [4.69, 9.17) is 10.5 Å². The van der Waals surface area contributed by atoms with Crippen molar-refractivity contribution in [1.82, 2.24) is 5.43 Å². The zero-order valence-corrected chi connectivity index (χ0v) is 16.1. The molecule has 0 aliphatic carbocycles. The molecule has 0 radical (unpaired) electrons. The molecule has 0 spiro atoms. The van der Waals surface area contributed by atoms with Crippen molar-refractivity contribution >= 4 is 28.2 Å². The summed E-state index contributed by atoms with van der Waals surface area (Å²) < 4.78 is 6.79. The van der Waals surface area contributed by atoms with Gasteiger partial charge in [-0.3, -0.25) is 0 Å². The van der Waals surface area contributed by atoms with Crippen molar-refractivity contribution in [2.45, 2.75) is 32.8 Å². The van der Waals surface area contributed by atoms with E-state index in [0.717, 1.165) is 15.6 Å². The molecule has 132 valence electrons. The molecule has 3 N–H and O–H groups in total. The third-order valence-electron chi connectivity index (χ3n) is 3.56. The van der Waals surface area contributed by atoms with E-state index < -0.39 is 6.03 Å². The van der Waals surface area contributed by atoms with Crippen molar-refractivity contribution in [3.63, 3.8) is 0 Å². The van der Waals surface area contributed by atoms with E-state index in [1.54, 1.807) is 0 Å². The molecular formula is C19H22BrN3O2. The Hall–Kier alpha value is -2.34. The number of rotatable bonds is 5. The van der Waals surface area contributed by atoms with Gasteiger partial charge in [0.1, 0.15) is 12.4 Å². The number of nitrogens with one attached hydrogen (secondary N) is 1. The van der Waals surface area contributed by atoms with Gasteiger partial charge in [-0.15, -0.1) is 0 Å². The summed E-state index contributed by atoms with van der Waals surface area (Å²) in [6.45, 7) is 7.00. The predicted molar refractivity (Wildman–Crippen MR) is 104 cm³/mol. The lowest BCUT2D eigenvalue weighted by molar-refractivity contribution is 0.249. The summed E-state index contributed by atoms with van der Waals surface area (Å²) in [4.78, 5) is 10.7. The van der Waals surface area contributed by atoms with Crippen LogP contribution in [0, 0.1) is 0 Å². The number of carbonyl (C=O) groups excluding carboxylic acids is 1. The van der Waals surface area contributed by atoms with Gasteiger partial charge in [0.2, 0.25) is 0 Å². The molecule has 2 amide bonds. The van der Waals surface area contributed by atoms with E-state index in [1.165, 1.54) is 11.8 Å². The van der Waals surface area contributed by atoms with E-state index in [2.05, 4.69) is 71.5 Å². The fourth-order valence-electron chi connectivity index (χ4n) is 2.18. The normalized spacial score (nSPS) is 11.5. The predicted octanol–water partition coefficient (Wildman–Crippen LogP) is 4.33. The Balaban J connectivity index is 2.09. The summed E-state index contributed by atoms with van der Waals surface area (Å²) in [5, 5.41) is 3.79. The van der Waals surface area contributed by atoms with Crippen molar-refractivity contribution in [2.75, 3.05) is 0 Å². The van der Waals surface area contributed by atoms with Gasteiger partial charge in [-0.2, -0.15) is 5.10 Å². The zero-order valence-electron chi connectivity index (χ0n) is 14.5. The van der Waals surface area contributed by atoms with Gasteiger partial charge < -0.3 is 10.5 Å². The Bertz CT molecular complexity index is 765. The van der Waals surface area contributed by atoms with E-state index in [-0.39, 0.29) is 5.41 Å². The number of halogens is 1. The third-order valence-corrected chi connectivity index (χ3v) is 4.06. The number of urea groups is 1. The minimum Gasteiger partial charge on any atom is -0.488 e. The molecule has 25 heavy (non-hydrogen) atoms. The van der Waals surface area contributed by atoms with Crippen LogP contribution in [0.25, 0.3) is 0 Å². The minimum atomic E-state index is -0.715. The topological polar surface area (TPSA) is 76.7 Å². The number of hydrogen-bond donors (Lipinski definition) is 2. The Kier molecular flexibility index (Phi) is 6.20. The molecule has 2 rings (SSSR count). The molecule has 5 nitrogen and oxygen atoms in total. The van der Waals surface area contributed by atoms with E-state index in [9.17, 15) is 4.79 Å². The van der Waals surface area contributed by atoms with Gasteiger partial charge in [0.05, 0.1) is 6.21 Å². The van der Waals surface area contributed by atoms with Crippen LogP contribution < -0.4 is 15.9 Å². The monoisotopic (exact) mass is 403 g/mol. The molecule has 0 aliphatic rings. The second-order valence-electron chi connectivity index (χ2n) is 6.65. The summed E-state index contributed by atoms with van der Waals surface area (Å²) >= 11 is 3.41. The number of nitrogens with two attached hydrogens (primary N) is 1. The largest absolute Gasteiger partial charge is 0.488 e. The summed E-state index contributed by atoms with van der Waals surface area (Å²) in [7, 11) is 0. The zero-order chi connectivity index (χ0) is 18.4. The van der Waals surface area contributed by atoms with Crippen LogP contribution in [-0.4, -0.2) is 12.2 Å². The lowest BCUT2D eigenvalue weighted by Gasteiger charge is -2.19. The minimum absolute atomic E-state index is 0.127. The number of primary amides is 1. The average molecular weight is 404 g/mol. The molecule has 2 aromatic carbocycles. The number of ether oxygens (including phenoxy) is 1. The van der Waals surface area contributed by atoms with Crippen molar-refractivity contribution in [1.29, 1.82) is 0 Å². The van der Waals surface area contributed by atoms with Crippen molar-refractivity contribution in [3.05, 3.63) is 63.6 Å². The first-order chi connectivity index (χ1) is 11.8. The standard InChI is InChI=1S/C19H22BrN3O2/c1-19(2,3)15-6-4-13(5-7-15)12-25-17-9-8-16(20)10-14(17)11-22-23-18(21)24/h4-11H,12H2,1-3H3,(H3,21,23,24)/b22-11+. The summed E-state index contributed by atoms with van der Waals surface area (Å²) in [6.07, 6.45) is 1.49. The van der Waals surface area contributed by atoms with Gasteiger partial charge >= 0.3 is 6.03 Å². The number of benzene rings is 2. The highest BCUT2D eigenvalue weighted by Crippen LogP contribution is 2.24. The average Bonchev–Trinajstić information content (AvgIpc) is 2.53. The van der Waals surface area contributed by atoms with Gasteiger partial charge in [-0.1, -0.05) is 61.0 Å². The molecule has 0 bridgehead atoms. The molecule has 0 fully saturated rings. The molecule has 0 heterocycles. The number of amides is 2. The number of hydrogen-bond acceptors (Lipinski definition) is 3. The van der Waals surface area contributed by atoms with Gasteiger partial charge in [-0.25, -0.2) is 10.2 Å². The lowest BCUT2D eigenvalue weighted by Crippen LogP contribution is -2.24. The van der Waals surface area contributed by atoms with Gasteiger partial charge in [-0.05, 0) is 34.7 Å². The van der Waals surface area contributed by atoms with Crippen molar-refractivity contribution < 1.29 is 9.53 Å². The maximum atomic E-state index is 10.7. The molecule has 0 saturated carbocycles. The van der Waals surface area contributed by atoms with Crippen LogP contribution in [0.5, 0.6) is 5.75 Å². The molecule has 0 atom stereocenters. The fraction of sp³-hybridized carbons (Fsp3) is 0.263. The van der Waals surface area contributed by atoms with Crippen molar-refractivity contribution in [3.8, 4) is 5.75 Å². The van der Waals surface area contributed by atoms with Crippen LogP contribution in [0.2, 0.25) is 0 Å². The number of hydrazone groups is 1. The highest BCUT2D eigenvalue weighted by molar-refractivity contribution is 9.10. The highest BCUT2D eigenvalue weighted by Gasteiger charge is 2.13. The Labute approximate surface area is 156 Å². The maximum absolute atomic E-state index is 10.7. The first kappa shape index (κ1) is 19.0. The van der Waals surface area contributed by atoms with Crippen LogP contribution in [0.15, 0.2) is 52.0 Å². The maximum Gasteiger partial charge on any atom is 0.332 e. The smallest absolute Gasteiger partial charge is 0.332 e. The molecule has 0 saturated heterocycles. The molecule has 6 heteroatoms. The third kappa shape index (κ3) is 5.90. The molecular weight excluding hydrogens is 382 g/mol. The molecule has 2 aromatic rings. The van der Waals surface area contributed by atoms with Crippen LogP contribution >= 0.6 is 15.9 Å². The molecule has 0 aromatic heterocycles. The van der Waals surface area contributed by atoms with Crippen LogP contribution in [0.4, 0.5) is 4.79 Å². The Morgan fingerprint density at radius 1 is 1.24 bits per heavy atom. The van der Waals surface area contributed by atoms with Gasteiger partial charge in [0.15, 0.2) is 0 Å². The Morgan fingerprint density at radius 3 is 2.52 bits per heavy atom. The van der Waals surface area contributed by atoms with Gasteiger partial charge in [0, 0.05) is 10.0 Å². The van der Waals surface area contributed by atoms with Crippen LogP contribution in [-0.2, 0) is 12.0 Å². The summed E-state index contributed by atoms with van der Waals surface area (Å²) in [5.41, 5.74) is 10.4. The van der Waals surface area contributed by atoms with E-state index in [0.29, 0.717) is 12.4 Å². The SMILES string of the molecule is CC(C)(C)c1ccc(COc2ccc(Br)cc2/C=N/NC(N)=O)cc1. The second kappa shape index (κ2) is 8.16. The first-order valence-electron chi connectivity index (χ1n) is 7.86. The molecule has 0 unspecified atom stereocenters. The molecule has 0 aliphatic heterocycles. The highest BCUT2D eigenvalue weighted by atomic mass is 79.9. The Morgan fingerprint density at radius 2 is 1.92 bits per heavy atom. The fourth-order valence-corrected chi connectivity index (χ4v) is 2.56. The summed E-state index contributed by atoms with van der Waals surface area (Å²) in [6, 6.07) is 13.3. The van der Waals surface area contributed by atoms with Gasteiger partial charge in [0.25, 0.3) is 0 Å². The number of carbonyl (C=O) groups is 1. The van der Waals surface area contributed by atoms with E-state index in [1.807, 2.05) is 18.2 Å². The summed E-state index contributed by atoms with van der Waals surface area (Å²) in [5.74, 6) is 0.665. The van der Waals surface area contributed by atoms with Crippen molar-refractivity contribution in [2.24, 2.45) is 10.8 Å². The second-order valence-corrected chi connectivity index (χ2v) is 7.57. The van der Waals surface area contributed by atoms with Crippen LogP contribution in [0.3, 0.4) is 0 Å². The quantitative estimate of drug-likeness (QED) is 0.575. The van der Waals surface area contributed by atoms with Crippen LogP contribution in [0.1, 0.15) is 37.5 Å². The van der Waals surface area contributed by atoms with E-state index >= 15 is 0 Å².